The van der Waals surface area contributed by atoms with Crippen LogP contribution in [0.5, 0.6) is 5.75 Å². The van der Waals surface area contributed by atoms with Crippen molar-refractivity contribution in [2.45, 2.75) is 0 Å². The second kappa shape index (κ2) is 5.95. The van der Waals surface area contributed by atoms with Gasteiger partial charge in [0.25, 0.3) is 5.91 Å². The Morgan fingerprint density at radius 2 is 1.76 bits per heavy atom. The molecule has 0 aromatic heterocycles. The number of carbonyl (C=O) groups is 1. The summed E-state index contributed by atoms with van der Waals surface area (Å²) in [6.45, 7) is 3.70. The first kappa shape index (κ1) is 13.6. The fourth-order valence-corrected chi connectivity index (χ4v) is 2.47. The van der Waals surface area contributed by atoms with Gasteiger partial charge in [0.05, 0.1) is 0 Å². The van der Waals surface area contributed by atoms with E-state index in [9.17, 15) is 9.90 Å². The predicted octanol–water partition coefficient (Wildman–Crippen LogP) is 0.929. The lowest BCUT2D eigenvalue weighted by Crippen LogP contribution is -2.49. The third-order valence-electron chi connectivity index (χ3n) is 3.64. The highest BCUT2D eigenvalue weighted by atomic mass is 16.6. The van der Waals surface area contributed by atoms with Crippen LogP contribution in [0.3, 0.4) is 0 Å². The molecule has 1 saturated heterocycles. The van der Waals surface area contributed by atoms with Gasteiger partial charge < -0.3 is 24.4 Å². The van der Waals surface area contributed by atoms with Gasteiger partial charge in [-0.15, -0.1) is 0 Å². The minimum Gasteiger partial charge on any atom is -0.508 e. The SMILES string of the molecule is O=C(C1=COCCO1)N1CCN(c2ccc(O)cc2)CC1. The summed E-state index contributed by atoms with van der Waals surface area (Å²) in [6, 6.07) is 7.11. The van der Waals surface area contributed by atoms with Crippen molar-refractivity contribution in [2.75, 3.05) is 44.3 Å². The second-order valence-corrected chi connectivity index (χ2v) is 5.00. The van der Waals surface area contributed by atoms with Crippen molar-refractivity contribution in [3.05, 3.63) is 36.3 Å². The zero-order chi connectivity index (χ0) is 14.7. The van der Waals surface area contributed by atoms with Gasteiger partial charge in [-0.05, 0) is 24.3 Å². The Morgan fingerprint density at radius 3 is 2.38 bits per heavy atom. The molecule has 2 aliphatic heterocycles. The fourth-order valence-electron chi connectivity index (χ4n) is 2.47. The van der Waals surface area contributed by atoms with E-state index in [1.807, 2.05) is 12.1 Å². The zero-order valence-electron chi connectivity index (χ0n) is 11.7. The number of carbonyl (C=O) groups excluding carboxylic acids is 1. The fraction of sp³-hybridized carbons (Fsp3) is 0.400. The Hall–Kier alpha value is -2.37. The van der Waals surface area contributed by atoms with Crippen molar-refractivity contribution in [3.63, 3.8) is 0 Å². The van der Waals surface area contributed by atoms with Crippen LogP contribution in [0, 0.1) is 0 Å². The molecule has 6 nitrogen and oxygen atoms in total. The summed E-state index contributed by atoms with van der Waals surface area (Å²) in [5.41, 5.74) is 1.05. The van der Waals surface area contributed by atoms with Gasteiger partial charge >= 0.3 is 0 Å². The summed E-state index contributed by atoms with van der Waals surface area (Å²) < 4.78 is 10.4. The van der Waals surface area contributed by atoms with E-state index >= 15 is 0 Å². The van der Waals surface area contributed by atoms with Crippen molar-refractivity contribution in [1.29, 1.82) is 0 Å². The lowest BCUT2D eigenvalue weighted by molar-refractivity contribution is -0.132. The molecule has 21 heavy (non-hydrogen) atoms. The number of hydrogen-bond acceptors (Lipinski definition) is 5. The normalized spacial score (nSPS) is 18.6. The standard InChI is InChI=1S/C15H18N2O4/c18-13-3-1-12(2-4-13)16-5-7-17(8-6-16)15(19)14-11-20-9-10-21-14/h1-4,11,18H,5-10H2. The van der Waals surface area contributed by atoms with Crippen molar-refractivity contribution < 1.29 is 19.4 Å². The molecule has 1 aromatic rings. The Bertz CT molecular complexity index is 533. The van der Waals surface area contributed by atoms with Crippen LogP contribution in [0.15, 0.2) is 36.3 Å². The van der Waals surface area contributed by atoms with Crippen molar-refractivity contribution in [2.24, 2.45) is 0 Å². The molecule has 3 rings (SSSR count). The van der Waals surface area contributed by atoms with E-state index in [2.05, 4.69) is 4.90 Å². The topological polar surface area (TPSA) is 62.2 Å². The van der Waals surface area contributed by atoms with Gasteiger partial charge in [0.2, 0.25) is 5.76 Å². The second-order valence-electron chi connectivity index (χ2n) is 5.00. The first-order chi connectivity index (χ1) is 10.2. The molecule has 6 heteroatoms. The van der Waals surface area contributed by atoms with E-state index in [1.165, 1.54) is 6.26 Å². The highest BCUT2D eigenvalue weighted by Gasteiger charge is 2.26. The minimum absolute atomic E-state index is 0.111. The number of phenols is 1. The molecule has 112 valence electrons. The van der Waals surface area contributed by atoms with Crippen LogP contribution >= 0.6 is 0 Å². The number of phenolic OH excluding ortho intramolecular Hbond substituents is 1. The maximum absolute atomic E-state index is 12.2. The first-order valence-electron chi connectivity index (χ1n) is 7.02. The molecule has 0 radical (unpaired) electrons. The maximum Gasteiger partial charge on any atom is 0.292 e. The molecule has 1 aromatic carbocycles. The zero-order valence-corrected chi connectivity index (χ0v) is 11.7. The number of ether oxygens (including phenoxy) is 2. The number of piperazine rings is 1. The lowest BCUT2D eigenvalue weighted by Gasteiger charge is -2.36. The van der Waals surface area contributed by atoms with Gasteiger partial charge in [-0.3, -0.25) is 4.79 Å². The summed E-state index contributed by atoms with van der Waals surface area (Å²) in [7, 11) is 0. The molecular weight excluding hydrogens is 272 g/mol. The molecule has 0 saturated carbocycles. The Balaban J connectivity index is 1.58. The highest BCUT2D eigenvalue weighted by Crippen LogP contribution is 2.20. The summed E-state index contributed by atoms with van der Waals surface area (Å²) in [5.74, 6) is 0.438. The number of amides is 1. The largest absolute Gasteiger partial charge is 0.508 e. The number of hydrogen-bond donors (Lipinski definition) is 1. The van der Waals surface area contributed by atoms with E-state index < -0.39 is 0 Å². The van der Waals surface area contributed by atoms with Gasteiger partial charge in [0.1, 0.15) is 25.2 Å². The van der Waals surface area contributed by atoms with Gasteiger partial charge in [-0.1, -0.05) is 0 Å². The van der Waals surface area contributed by atoms with Crippen LogP contribution in [0.2, 0.25) is 0 Å². The van der Waals surface area contributed by atoms with Crippen molar-refractivity contribution in [3.8, 4) is 5.75 Å². The maximum atomic E-state index is 12.2. The van der Waals surface area contributed by atoms with Crippen LogP contribution in [0.1, 0.15) is 0 Å². The van der Waals surface area contributed by atoms with Crippen LogP contribution in [0.25, 0.3) is 0 Å². The van der Waals surface area contributed by atoms with Crippen LogP contribution in [-0.2, 0) is 14.3 Å². The number of benzene rings is 1. The smallest absolute Gasteiger partial charge is 0.292 e. The molecule has 1 fully saturated rings. The number of anilines is 1. The van der Waals surface area contributed by atoms with Crippen LogP contribution in [0.4, 0.5) is 5.69 Å². The first-order valence-corrected chi connectivity index (χ1v) is 7.02. The monoisotopic (exact) mass is 290 g/mol. The molecule has 0 atom stereocenters. The van der Waals surface area contributed by atoms with Crippen molar-refractivity contribution >= 4 is 11.6 Å². The molecule has 0 bridgehead atoms. The third-order valence-corrected chi connectivity index (χ3v) is 3.64. The summed E-state index contributed by atoms with van der Waals surface area (Å²) >= 11 is 0. The number of aromatic hydroxyl groups is 1. The molecule has 0 unspecified atom stereocenters. The quantitative estimate of drug-likeness (QED) is 0.878. The van der Waals surface area contributed by atoms with E-state index in [0.29, 0.717) is 32.1 Å². The lowest BCUT2D eigenvalue weighted by atomic mass is 10.2. The Kier molecular flexibility index (Phi) is 3.85. The molecule has 0 spiro atoms. The van der Waals surface area contributed by atoms with Crippen LogP contribution in [-0.4, -0.2) is 55.3 Å². The van der Waals surface area contributed by atoms with Gasteiger partial charge in [0.15, 0.2) is 0 Å². The molecule has 2 aliphatic rings. The van der Waals surface area contributed by atoms with E-state index in [0.717, 1.165) is 18.8 Å². The van der Waals surface area contributed by atoms with Crippen molar-refractivity contribution in [1.82, 2.24) is 4.90 Å². The molecule has 1 amide bonds. The highest BCUT2D eigenvalue weighted by molar-refractivity contribution is 5.91. The molecular formula is C15H18N2O4. The van der Waals surface area contributed by atoms with E-state index in [-0.39, 0.29) is 11.7 Å². The molecule has 1 N–H and O–H groups in total. The number of rotatable bonds is 2. The summed E-state index contributed by atoms with van der Waals surface area (Å²) in [4.78, 5) is 16.2. The van der Waals surface area contributed by atoms with Gasteiger partial charge in [-0.25, -0.2) is 0 Å². The Morgan fingerprint density at radius 1 is 1.05 bits per heavy atom. The number of nitrogens with zero attached hydrogens (tertiary/aromatic N) is 2. The van der Waals surface area contributed by atoms with Gasteiger partial charge in [0, 0.05) is 31.9 Å². The minimum atomic E-state index is -0.111. The van der Waals surface area contributed by atoms with Gasteiger partial charge in [-0.2, -0.15) is 0 Å². The molecule has 0 aliphatic carbocycles. The summed E-state index contributed by atoms with van der Waals surface area (Å²) in [5, 5.41) is 9.31. The average Bonchev–Trinajstić information content (AvgIpc) is 2.56. The summed E-state index contributed by atoms with van der Waals surface area (Å²) in [6.07, 6.45) is 1.40. The molecule has 2 heterocycles. The average molecular weight is 290 g/mol. The third kappa shape index (κ3) is 3.04. The van der Waals surface area contributed by atoms with Crippen LogP contribution < -0.4 is 4.90 Å². The van der Waals surface area contributed by atoms with E-state index in [1.54, 1.807) is 17.0 Å². The predicted molar refractivity (Wildman–Crippen MR) is 76.9 cm³/mol. The Labute approximate surface area is 123 Å². The van der Waals surface area contributed by atoms with E-state index in [4.69, 9.17) is 9.47 Å².